The number of hydrogen-bond donors (Lipinski definition) is 1. The number of rotatable bonds is 9. The van der Waals surface area contributed by atoms with Crippen molar-refractivity contribution in [2.75, 3.05) is 11.1 Å². The van der Waals surface area contributed by atoms with Crippen LogP contribution in [0.4, 0.5) is 10.8 Å². The molecule has 2 aromatic heterocycles. The van der Waals surface area contributed by atoms with E-state index in [4.69, 9.17) is 0 Å². The summed E-state index contributed by atoms with van der Waals surface area (Å²) in [6.07, 6.45) is 2.05. The largest absolute Gasteiger partial charge is 0.302 e. The molecule has 1 amide bonds. The molecule has 0 aliphatic carbocycles. The van der Waals surface area contributed by atoms with Gasteiger partial charge in [-0.25, -0.2) is 9.97 Å². The first-order valence-electron chi connectivity index (χ1n) is 9.53. The Labute approximate surface area is 187 Å². The fourth-order valence-electron chi connectivity index (χ4n) is 2.73. The van der Waals surface area contributed by atoms with Crippen molar-refractivity contribution in [3.63, 3.8) is 0 Å². The number of anilines is 1. The van der Waals surface area contributed by atoms with Gasteiger partial charge in [-0.15, -0.1) is 23.1 Å². The number of nitro groups is 1. The van der Waals surface area contributed by atoms with Gasteiger partial charge in [0.15, 0.2) is 5.13 Å². The minimum atomic E-state index is -0.458. The van der Waals surface area contributed by atoms with Crippen LogP contribution in [0.15, 0.2) is 46.8 Å². The molecule has 1 aromatic carbocycles. The number of nitrogens with one attached hydrogen (secondary N) is 1. The average Bonchev–Trinajstić information content (AvgIpc) is 3.22. The lowest BCUT2D eigenvalue weighted by Gasteiger charge is -2.06. The van der Waals surface area contributed by atoms with Gasteiger partial charge in [0.25, 0.3) is 5.69 Å². The first kappa shape index (κ1) is 22.4. The summed E-state index contributed by atoms with van der Waals surface area (Å²) >= 11 is 2.64. The van der Waals surface area contributed by atoms with Gasteiger partial charge in [0.1, 0.15) is 11.1 Å². The predicted molar refractivity (Wildman–Crippen MR) is 121 cm³/mol. The van der Waals surface area contributed by atoms with Crippen molar-refractivity contribution < 1.29 is 9.72 Å². The topological polar surface area (TPSA) is 122 Å². The SMILES string of the molecule is CCCc1ccc(C#N)c(SCCC(=O)Nc2nc(-c3cccc([N+](=O)[O-])c3)cs2)n1. The molecule has 0 spiro atoms. The van der Waals surface area contributed by atoms with E-state index in [9.17, 15) is 20.2 Å². The van der Waals surface area contributed by atoms with E-state index >= 15 is 0 Å². The summed E-state index contributed by atoms with van der Waals surface area (Å²) in [6.45, 7) is 2.07. The van der Waals surface area contributed by atoms with Gasteiger partial charge >= 0.3 is 0 Å². The molecule has 0 radical (unpaired) electrons. The van der Waals surface area contributed by atoms with E-state index in [0.29, 0.717) is 32.7 Å². The molecular weight excluding hydrogens is 434 g/mol. The Bertz CT molecular complexity index is 1140. The second kappa shape index (κ2) is 10.7. The van der Waals surface area contributed by atoms with Gasteiger partial charge < -0.3 is 5.32 Å². The number of benzene rings is 1. The van der Waals surface area contributed by atoms with Crippen molar-refractivity contribution in [2.24, 2.45) is 0 Å². The van der Waals surface area contributed by atoms with Crippen LogP contribution in [0.3, 0.4) is 0 Å². The Morgan fingerprint density at radius 3 is 2.90 bits per heavy atom. The molecule has 8 nitrogen and oxygen atoms in total. The standard InChI is InChI=1S/C21H19N5O3S2/c1-2-4-16-8-7-15(12-22)20(23-16)30-10-9-19(27)25-21-24-18(13-31-21)14-5-3-6-17(11-14)26(28)29/h3,5-8,11,13H,2,4,9-10H2,1H3,(H,24,25,27). The minimum absolute atomic E-state index is 0.0125. The molecule has 0 unspecified atom stereocenters. The summed E-state index contributed by atoms with van der Waals surface area (Å²) in [7, 11) is 0. The zero-order chi connectivity index (χ0) is 22.2. The van der Waals surface area contributed by atoms with E-state index in [2.05, 4.69) is 28.3 Å². The van der Waals surface area contributed by atoms with Gasteiger partial charge in [-0.3, -0.25) is 14.9 Å². The highest BCUT2D eigenvalue weighted by Crippen LogP contribution is 2.28. The number of hydrogen-bond acceptors (Lipinski definition) is 8. The van der Waals surface area contributed by atoms with Crippen LogP contribution in [0, 0.1) is 21.4 Å². The van der Waals surface area contributed by atoms with Crippen molar-refractivity contribution >= 4 is 39.8 Å². The van der Waals surface area contributed by atoms with Gasteiger partial charge in [0, 0.05) is 40.9 Å². The van der Waals surface area contributed by atoms with Crippen molar-refractivity contribution in [1.82, 2.24) is 9.97 Å². The summed E-state index contributed by atoms with van der Waals surface area (Å²) in [4.78, 5) is 31.6. The quantitative estimate of drug-likeness (QED) is 0.273. The third kappa shape index (κ3) is 6.10. The maximum absolute atomic E-state index is 12.3. The second-order valence-electron chi connectivity index (χ2n) is 6.51. The summed E-state index contributed by atoms with van der Waals surface area (Å²) in [5.41, 5.74) is 2.61. The molecular formula is C21H19N5O3S2. The first-order chi connectivity index (χ1) is 15.0. The first-order valence-corrected chi connectivity index (χ1v) is 11.4. The highest BCUT2D eigenvalue weighted by molar-refractivity contribution is 7.99. The van der Waals surface area contributed by atoms with Crippen molar-refractivity contribution in [1.29, 1.82) is 5.26 Å². The molecule has 0 saturated carbocycles. The molecule has 0 saturated heterocycles. The van der Waals surface area contributed by atoms with Crippen LogP contribution in [0.25, 0.3) is 11.3 Å². The lowest BCUT2D eigenvalue weighted by atomic mass is 10.1. The highest BCUT2D eigenvalue weighted by atomic mass is 32.2. The minimum Gasteiger partial charge on any atom is -0.302 e. The molecule has 31 heavy (non-hydrogen) atoms. The number of thiazole rings is 1. The second-order valence-corrected chi connectivity index (χ2v) is 8.45. The van der Waals surface area contributed by atoms with Crippen LogP contribution in [0.2, 0.25) is 0 Å². The number of carbonyl (C=O) groups excluding carboxylic acids is 1. The normalized spacial score (nSPS) is 10.5. The smallest absolute Gasteiger partial charge is 0.270 e. The third-order valence-electron chi connectivity index (χ3n) is 4.22. The number of amides is 1. The fraction of sp³-hybridized carbons (Fsp3) is 0.238. The summed E-state index contributed by atoms with van der Waals surface area (Å²) in [6, 6.07) is 12.0. The number of aryl methyl sites for hydroxylation is 1. The maximum atomic E-state index is 12.3. The predicted octanol–water partition coefficient (Wildman–Crippen LogP) is 5.06. The lowest BCUT2D eigenvalue weighted by molar-refractivity contribution is -0.384. The molecule has 3 aromatic rings. The number of aromatic nitrogens is 2. The van der Waals surface area contributed by atoms with Crippen LogP contribution < -0.4 is 5.32 Å². The van der Waals surface area contributed by atoms with Crippen molar-refractivity contribution in [2.45, 2.75) is 31.2 Å². The highest BCUT2D eigenvalue weighted by Gasteiger charge is 2.12. The summed E-state index contributed by atoms with van der Waals surface area (Å²) in [5.74, 6) is 0.280. The maximum Gasteiger partial charge on any atom is 0.270 e. The lowest BCUT2D eigenvalue weighted by Crippen LogP contribution is -2.12. The van der Waals surface area contributed by atoms with Crippen LogP contribution in [-0.4, -0.2) is 26.6 Å². The molecule has 0 fully saturated rings. The number of nitriles is 1. The average molecular weight is 454 g/mol. The van der Waals surface area contributed by atoms with E-state index < -0.39 is 4.92 Å². The van der Waals surface area contributed by atoms with Gasteiger partial charge in [-0.2, -0.15) is 5.26 Å². The van der Waals surface area contributed by atoms with Gasteiger partial charge in [0.2, 0.25) is 5.91 Å². The molecule has 158 valence electrons. The molecule has 0 aliphatic heterocycles. The zero-order valence-electron chi connectivity index (χ0n) is 16.7. The van der Waals surface area contributed by atoms with Crippen LogP contribution in [0.1, 0.15) is 31.0 Å². The van der Waals surface area contributed by atoms with E-state index in [1.165, 1.54) is 35.2 Å². The van der Waals surface area contributed by atoms with E-state index in [-0.39, 0.29) is 18.0 Å². The Balaban J connectivity index is 1.57. The molecule has 0 aliphatic rings. The molecule has 0 atom stereocenters. The number of non-ortho nitro benzene ring substituents is 1. The van der Waals surface area contributed by atoms with E-state index in [0.717, 1.165) is 18.5 Å². The third-order valence-corrected chi connectivity index (χ3v) is 5.97. The monoisotopic (exact) mass is 453 g/mol. The number of pyridine rings is 1. The fourth-order valence-corrected chi connectivity index (χ4v) is 4.40. The van der Waals surface area contributed by atoms with Crippen molar-refractivity contribution in [3.8, 4) is 17.3 Å². The van der Waals surface area contributed by atoms with Crippen LogP contribution >= 0.6 is 23.1 Å². The Morgan fingerprint density at radius 2 is 2.16 bits per heavy atom. The molecule has 0 bridgehead atoms. The number of thioether (sulfide) groups is 1. The summed E-state index contributed by atoms with van der Waals surface area (Å²) in [5, 5.41) is 25.8. The van der Waals surface area contributed by atoms with E-state index in [1.807, 2.05) is 6.07 Å². The summed E-state index contributed by atoms with van der Waals surface area (Å²) < 4.78 is 0. The Kier molecular flexibility index (Phi) is 7.70. The number of nitrogens with zero attached hydrogens (tertiary/aromatic N) is 4. The van der Waals surface area contributed by atoms with Gasteiger partial charge in [-0.05, 0) is 18.6 Å². The number of nitro benzene ring substituents is 1. The Hall–Kier alpha value is -3.29. The van der Waals surface area contributed by atoms with E-state index in [1.54, 1.807) is 23.6 Å². The molecule has 10 heteroatoms. The van der Waals surface area contributed by atoms with Crippen LogP contribution in [0.5, 0.6) is 0 Å². The van der Waals surface area contributed by atoms with Crippen molar-refractivity contribution in [3.05, 3.63) is 63.1 Å². The molecule has 1 N–H and O–H groups in total. The van der Waals surface area contributed by atoms with Gasteiger partial charge in [0.05, 0.1) is 16.2 Å². The number of carbonyl (C=O) groups is 1. The Morgan fingerprint density at radius 1 is 1.32 bits per heavy atom. The zero-order valence-corrected chi connectivity index (χ0v) is 18.3. The molecule has 3 rings (SSSR count). The van der Waals surface area contributed by atoms with Crippen LogP contribution in [-0.2, 0) is 11.2 Å². The molecule has 2 heterocycles. The van der Waals surface area contributed by atoms with Gasteiger partial charge in [-0.1, -0.05) is 25.5 Å².